The minimum atomic E-state index is -0.417. The summed E-state index contributed by atoms with van der Waals surface area (Å²) in [4.78, 5) is 20.5. The number of anilines is 1. The number of aryl methyl sites for hydroxylation is 1. The van der Waals surface area contributed by atoms with E-state index in [1.807, 2.05) is 0 Å². The maximum Gasteiger partial charge on any atom is 0.255 e. The second-order valence-electron chi connectivity index (χ2n) is 6.51. The Labute approximate surface area is 154 Å². The number of carbonyl (C=O) groups is 1. The molecule has 0 fully saturated rings. The van der Waals surface area contributed by atoms with Gasteiger partial charge in [0, 0.05) is 12.6 Å². The van der Waals surface area contributed by atoms with Crippen LogP contribution in [0.4, 0.5) is 14.7 Å². The van der Waals surface area contributed by atoms with Crippen LogP contribution in [-0.4, -0.2) is 15.9 Å². The van der Waals surface area contributed by atoms with Gasteiger partial charge in [0.1, 0.15) is 11.6 Å². The van der Waals surface area contributed by atoms with Crippen molar-refractivity contribution in [3.8, 4) is 11.1 Å². The number of carbonyl (C=O) groups excluding carboxylic acids is 1. The van der Waals surface area contributed by atoms with E-state index in [4.69, 9.17) is 5.73 Å². The van der Waals surface area contributed by atoms with Crippen LogP contribution in [0.3, 0.4) is 0 Å². The molecule has 0 aliphatic carbocycles. The molecule has 7 heteroatoms. The number of fused-ring (bicyclic) bond motifs is 1. The largest absolute Gasteiger partial charge is 0.368 e. The first kappa shape index (κ1) is 17.1. The van der Waals surface area contributed by atoms with Crippen molar-refractivity contribution in [2.24, 2.45) is 0 Å². The zero-order chi connectivity index (χ0) is 19.1. The summed E-state index contributed by atoms with van der Waals surface area (Å²) in [7, 11) is 0. The summed E-state index contributed by atoms with van der Waals surface area (Å²) in [5.74, 6) is -0.990. The summed E-state index contributed by atoms with van der Waals surface area (Å²) in [6.45, 7) is 1.76. The Balaban J connectivity index is 1.82. The molecule has 136 valence electrons. The van der Waals surface area contributed by atoms with E-state index in [0.29, 0.717) is 34.4 Å². The highest BCUT2D eigenvalue weighted by Crippen LogP contribution is 2.35. The van der Waals surface area contributed by atoms with Crippen molar-refractivity contribution in [2.75, 3.05) is 5.73 Å². The molecule has 5 nitrogen and oxygen atoms in total. The van der Waals surface area contributed by atoms with Gasteiger partial charge in [-0.3, -0.25) is 4.79 Å². The van der Waals surface area contributed by atoms with Gasteiger partial charge in [-0.25, -0.2) is 18.7 Å². The monoisotopic (exact) mass is 366 g/mol. The zero-order valence-electron chi connectivity index (χ0n) is 14.5. The number of aromatic nitrogens is 2. The maximum absolute atomic E-state index is 14.0. The molecule has 0 bridgehead atoms. The van der Waals surface area contributed by atoms with Crippen LogP contribution in [0.15, 0.2) is 42.6 Å². The summed E-state index contributed by atoms with van der Waals surface area (Å²) < 4.78 is 27.5. The van der Waals surface area contributed by atoms with Crippen LogP contribution in [0, 0.1) is 18.6 Å². The molecule has 2 aromatic carbocycles. The van der Waals surface area contributed by atoms with Gasteiger partial charge in [0.2, 0.25) is 5.95 Å². The predicted molar refractivity (Wildman–Crippen MR) is 96.9 cm³/mol. The fourth-order valence-electron chi connectivity index (χ4n) is 3.44. The Hall–Kier alpha value is -3.35. The lowest BCUT2D eigenvalue weighted by Gasteiger charge is -2.27. The van der Waals surface area contributed by atoms with Crippen LogP contribution in [-0.2, 0) is 6.42 Å². The number of nitrogens with one attached hydrogen (secondary N) is 1. The predicted octanol–water partition coefficient (Wildman–Crippen LogP) is 3.34. The molecule has 3 aromatic rings. The standard InChI is InChI=1S/C20H16F2N4O/c1-10-6-11(21)2-4-13(10)15-7-12(22)3-5-14(15)17-8-18-16(19(27)25-17)9-24-20(23)26-18/h2-7,9,17H,8H2,1H3,(H,25,27)(H2,23,24,26). The fraction of sp³-hybridized carbons (Fsp3) is 0.150. The smallest absolute Gasteiger partial charge is 0.255 e. The maximum atomic E-state index is 14.0. The minimum Gasteiger partial charge on any atom is -0.368 e. The van der Waals surface area contributed by atoms with Gasteiger partial charge >= 0.3 is 0 Å². The molecule has 1 aliphatic heterocycles. The Bertz CT molecular complexity index is 1070. The van der Waals surface area contributed by atoms with Crippen LogP contribution in [0.1, 0.15) is 33.2 Å². The number of nitrogen functional groups attached to an aromatic ring is 1. The van der Waals surface area contributed by atoms with Gasteiger partial charge in [0.25, 0.3) is 5.91 Å². The number of nitrogens with zero attached hydrogens (tertiary/aromatic N) is 2. The lowest BCUT2D eigenvalue weighted by molar-refractivity contribution is 0.0923. The average molecular weight is 366 g/mol. The molecule has 0 saturated carbocycles. The number of amides is 1. The van der Waals surface area contributed by atoms with Crippen LogP contribution in [0.25, 0.3) is 11.1 Å². The Morgan fingerprint density at radius 1 is 1.07 bits per heavy atom. The van der Waals surface area contributed by atoms with E-state index in [1.165, 1.54) is 30.5 Å². The van der Waals surface area contributed by atoms with E-state index in [9.17, 15) is 13.6 Å². The Kier molecular flexibility index (Phi) is 4.07. The van der Waals surface area contributed by atoms with Crippen molar-refractivity contribution >= 4 is 11.9 Å². The van der Waals surface area contributed by atoms with E-state index < -0.39 is 11.9 Å². The normalized spacial score (nSPS) is 16.0. The molecule has 1 unspecified atom stereocenters. The first-order valence-electron chi connectivity index (χ1n) is 8.40. The number of hydrogen-bond acceptors (Lipinski definition) is 4. The van der Waals surface area contributed by atoms with Gasteiger partial charge in [-0.05, 0) is 53.4 Å². The molecule has 3 N–H and O–H groups in total. The molecule has 1 atom stereocenters. The molecule has 0 saturated heterocycles. The van der Waals surface area contributed by atoms with Crippen LogP contribution < -0.4 is 11.1 Å². The molecule has 1 amide bonds. The van der Waals surface area contributed by atoms with E-state index in [2.05, 4.69) is 15.3 Å². The molecular weight excluding hydrogens is 350 g/mol. The van der Waals surface area contributed by atoms with Crippen molar-refractivity contribution < 1.29 is 13.6 Å². The van der Waals surface area contributed by atoms with Crippen molar-refractivity contribution in [3.05, 3.63) is 76.6 Å². The molecule has 1 aliphatic rings. The highest BCUT2D eigenvalue weighted by molar-refractivity contribution is 5.96. The van der Waals surface area contributed by atoms with Crippen molar-refractivity contribution in [3.63, 3.8) is 0 Å². The lowest BCUT2D eigenvalue weighted by Crippen LogP contribution is -2.36. The Morgan fingerprint density at radius 2 is 1.81 bits per heavy atom. The van der Waals surface area contributed by atoms with Crippen molar-refractivity contribution in [1.29, 1.82) is 0 Å². The highest BCUT2D eigenvalue weighted by atomic mass is 19.1. The summed E-state index contributed by atoms with van der Waals surface area (Å²) in [6.07, 6.45) is 1.80. The SMILES string of the molecule is Cc1cc(F)ccc1-c1cc(F)ccc1C1Cc2nc(N)ncc2C(=O)N1. The van der Waals surface area contributed by atoms with Crippen LogP contribution in [0.5, 0.6) is 0 Å². The van der Waals surface area contributed by atoms with Gasteiger partial charge in [0.05, 0.1) is 17.3 Å². The van der Waals surface area contributed by atoms with Gasteiger partial charge in [-0.1, -0.05) is 12.1 Å². The molecule has 4 rings (SSSR count). The summed E-state index contributed by atoms with van der Waals surface area (Å²) in [6, 6.07) is 8.29. The van der Waals surface area contributed by atoms with E-state index in [-0.39, 0.29) is 17.7 Å². The number of hydrogen-bond donors (Lipinski definition) is 2. The van der Waals surface area contributed by atoms with Gasteiger partial charge < -0.3 is 11.1 Å². The third-order valence-corrected chi connectivity index (χ3v) is 4.70. The quantitative estimate of drug-likeness (QED) is 0.729. The number of halogens is 2. The molecule has 1 aromatic heterocycles. The van der Waals surface area contributed by atoms with E-state index in [0.717, 1.165) is 5.56 Å². The van der Waals surface area contributed by atoms with Gasteiger partial charge in [-0.15, -0.1) is 0 Å². The number of rotatable bonds is 2. The lowest BCUT2D eigenvalue weighted by atomic mass is 9.88. The molecule has 27 heavy (non-hydrogen) atoms. The minimum absolute atomic E-state index is 0.0934. The number of benzene rings is 2. The molecular formula is C20H16F2N4O. The summed E-state index contributed by atoms with van der Waals surface area (Å²) >= 11 is 0. The first-order valence-corrected chi connectivity index (χ1v) is 8.40. The van der Waals surface area contributed by atoms with Crippen LogP contribution >= 0.6 is 0 Å². The third-order valence-electron chi connectivity index (χ3n) is 4.70. The molecule has 0 radical (unpaired) electrons. The van der Waals surface area contributed by atoms with E-state index in [1.54, 1.807) is 19.1 Å². The van der Waals surface area contributed by atoms with Crippen LogP contribution in [0.2, 0.25) is 0 Å². The zero-order valence-corrected chi connectivity index (χ0v) is 14.5. The second-order valence-corrected chi connectivity index (χ2v) is 6.51. The number of nitrogens with two attached hydrogens (primary N) is 1. The second kappa shape index (κ2) is 6.42. The highest BCUT2D eigenvalue weighted by Gasteiger charge is 2.29. The topological polar surface area (TPSA) is 80.9 Å². The average Bonchev–Trinajstić information content (AvgIpc) is 2.61. The Morgan fingerprint density at radius 3 is 2.59 bits per heavy atom. The summed E-state index contributed by atoms with van der Waals surface area (Å²) in [5.41, 5.74) is 9.27. The third kappa shape index (κ3) is 3.12. The molecule has 0 spiro atoms. The van der Waals surface area contributed by atoms with Crippen molar-refractivity contribution in [2.45, 2.75) is 19.4 Å². The van der Waals surface area contributed by atoms with Crippen molar-refractivity contribution in [1.82, 2.24) is 15.3 Å². The fourth-order valence-corrected chi connectivity index (χ4v) is 3.44. The molecule has 2 heterocycles. The first-order chi connectivity index (χ1) is 12.9. The van der Waals surface area contributed by atoms with Gasteiger partial charge in [0.15, 0.2) is 0 Å². The summed E-state index contributed by atoms with van der Waals surface area (Å²) in [5, 5.41) is 2.91. The van der Waals surface area contributed by atoms with Gasteiger partial charge in [-0.2, -0.15) is 0 Å². The van der Waals surface area contributed by atoms with E-state index >= 15 is 0 Å².